The van der Waals surface area contributed by atoms with E-state index in [2.05, 4.69) is 36.7 Å². The second kappa shape index (κ2) is 7.39. The molecule has 4 rings (SSSR count). The lowest BCUT2D eigenvalue weighted by atomic mass is 9.44. The van der Waals surface area contributed by atoms with Crippen LogP contribution in [-0.4, -0.2) is 21.7 Å². The van der Waals surface area contributed by atoms with E-state index in [4.69, 9.17) is 5.11 Å². The summed E-state index contributed by atoms with van der Waals surface area (Å²) in [4.78, 5) is 23.5. The molecule has 0 heterocycles. The van der Waals surface area contributed by atoms with Crippen LogP contribution >= 0.6 is 15.9 Å². The molecule has 1 N–H and O–H groups in total. The Morgan fingerprint density at radius 1 is 1.07 bits per heavy atom. The van der Waals surface area contributed by atoms with Gasteiger partial charge in [0.2, 0.25) is 0 Å². The molecule has 0 bridgehead atoms. The number of carbonyl (C=O) groups excluding carboxylic acids is 1. The standard InChI is InChI=1S/C24H37BrO3/c1-14(4-9-21(27)28)16-7-8-17-15-5-6-19-22(25)20(26)11-13-24(19,3)18(15)10-12-23(16,17)2/h14-19,22H,4-13H2,1-3H3,(H,27,28)/t14-,15-,16+,17-,18-,19+,22+,23+,24-/m1/s1. The molecule has 0 saturated heterocycles. The number of carboxylic acid groups (broad SMARTS) is 1. The van der Waals surface area contributed by atoms with Gasteiger partial charge in [-0.25, -0.2) is 0 Å². The minimum atomic E-state index is -0.655. The molecular formula is C24H37BrO3. The van der Waals surface area contributed by atoms with Crippen LogP contribution in [0.5, 0.6) is 0 Å². The van der Waals surface area contributed by atoms with Crippen molar-refractivity contribution in [3.8, 4) is 0 Å². The average Bonchev–Trinajstić information content (AvgIpc) is 3.00. The molecule has 3 nitrogen and oxygen atoms in total. The van der Waals surface area contributed by atoms with E-state index in [9.17, 15) is 9.59 Å². The van der Waals surface area contributed by atoms with Gasteiger partial charge in [-0.1, -0.05) is 36.7 Å². The number of rotatable bonds is 4. The van der Waals surface area contributed by atoms with E-state index >= 15 is 0 Å². The van der Waals surface area contributed by atoms with Crippen LogP contribution in [0.4, 0.5) is 0 Å². The Balaban J connectivity index is 1.53. The number of Topliss-reactive ketones (excluding diaryl/α,β-unsaturated/α-hetero) is 1. The van der Waals surface area contributed by atoms with Gasteiger partial charge in [-0.15, -0.1) is 0 Å². The van der Waals surface area contributed by atoms with Gasteiger partial charge in [0, 0.05) is 12.8 Å². The number of ketones is 1. The zero-order chi connectivity index (χ0) is 20.3. The van der Waals surface area contributed by atoms with Gasteiger partial charge < -0.3 is 5.11 Å². The van der Waals surface area contributed by atoms with E-state index in [-0.39, 0.29) is 4.83 Å². The van der Waals surface area contributed by atoms with Gasteiger partial charge in [0.05, 0.1) is 4.83 Å². The third kappa shape index (κ3) is 3.11. The Hall–Kier alpha value is -0.380. The first-order valence-electron chi connectivity index (χ1n) is 11.6. The first kappa shape index (κ1) is 20.9. The van der Waals surface area contributed by atoms with E-state index in [0.29, 0.717) is 40.8 Å². The fraction of sp³-hybridized carbons (Fsp3) is 0.917. The van der Waals surface area contributed by atoms with Crippen molar-refractivity contribution in [2.75, 3.05) is 0 Å². The smallest absolute Gasteiger partial charge is 0.303 e. The number of halogens is 1. The third-order valence-electron chi connectivity index (χ3n) is 10.1. The summed E-state index contributed by atoms with van der Waals surface area (Å²) in [5.74, 6) is 3.86. The molecule has 4 saturated carbocycles. The molecule has 0 aliphatic heterocycles. The van der Waals surface area contributed by atoms with Crippen LogP contribution in [0, 0.1) is 46.3 Å². The van der Waals surface area contributed by atoms with E-state index in [1.54, 1.807) is 0 Å². The highest BCUT2D eigenvalue weighted by Gasteiger charge is 2.61. The van der Waals surface area contributed by atoms with Gasteiger partial charge in [-0.05, 0) is 97.7 Å². The maximum atomic E-state index is 12.3. The quantitative estimate of drug-likeness (QED) is 0.524. The van der Waals surface area contributed by atoms with Crippen LogP contribution in [0.25, 0.3) is 0 Å². The van der Waals surface area contributed by atoms with E-state index < -0.39 is 5.97 Å². The minimum absolute atomic E-state index is 0.0767. The number of alkyl halides is 1. The molecule has 9 atom stereocenters. The van der Waals surface area contributed by atoms with Crippen molar-refractivity contribution >= 4 is 27.7 Å². The van der Waals surface area contributed by atoms with Crippen molar-refractivity contribution in [2.24, 2.45) is 46.3 Å². The highest BCUT2D eigenvalue weighted by molar-refractivity contribution is 9.10. The summed E-state index contributed by atoms with van der Waals surface area (Å²) in [5, 5.41) is 9.11. The molecule has 0 radical (unpaired) electrons. The number of aliphatic carboxylic acids is 1. The molecule has 4 heteroatoms. The topological polar surface area (TPSA) is 54.4 Å². The predicted octanol–water partition coefficient (Wildman–Crippen LogP) is 6.09. The van der Waals surface area contributed by atoms with Crippen molar-refractivity contribution in [3.05, 3.63) is 0 Å². The highest BCUT2D eigenvalue weighted by Crippen LogP contribution is 2.68. The Morgan fingerprint density at radius 3 is 2.46 bits per heavy atom. The normalized spacial score (nSPS) is 49.1. The summed E-state index contributed by atoms with van der Waals surface area (Å²) in [6.07, 6.45) is 10.7. The van der Waals surface area contributed by atoms with Crippen LogP contribution in [0.15, 0.2) is 0 Å². The van der Waals surface area contributed by atoms with Crippen molar-refractivity contribution in [2.45, 2.75) is 89.8 Å². The van der Waals surface area contributed by atoms with E-state index in [1.807, 2.05) is 0 Å². The predicted molar refractivity (Wildman–Crippen MR) is 114 cm³/mol. The van der Waals surface area contributed by atoms with Crippen LogP contribution in [-0.2, 0) is 9.59 Å². The second-order valence-corrected chi connectivity index (χ2v) is 12.1. The lowest BCUT2D eigenvalue weighted by Gasteiger charge is -2.61. The van der Waals surface area contributed by atoms with Crippen molar-refractivity contribution in [3.63, 3.8) is 0 Å². The Bertz CT molecular complexity index is 648. The summed E-state index contributed by atoms with van der Waals surface area (Å²) in [7, 11) is 0. The molecule has 158 valence electrons. The maximum absolute atomic E-state index is 12.3. The largest absolute Gasteiger partial charge is 0.481 e. The molecule has 28 heavy (non-hydrogen) atoms. The molecule has 4 aliphatic rings. The molecule has 0 unspecified atom stereocenters. The summed E-state index contributed by atoms with van der Waals surface area (Å²) in [6, 6.07) is 0. The van der Waals surface area contributed by atoms with Gasteiger partial charge >= 0.3 is 5.97 Å². The molecule has 0 aromatic heterocycles. The molecule has 0 amide bonds. The van der Waals surface area contributed by atoms with Crippen LogP contribution in [0.3, 0.4) is 0 Å². The monoisotopic (exact) mass is 452 g/mol. The number of hydrogen-bond acceptors (Lipinski definition) is 2. The van der Waals surface area contributed by atoms with Gasteiger partial charge in [0.25, 0.3) is 0 Å². The number of hydrogen-bond donors (Lipinski definition) is 1. The van der Waals surface area contributed by atoms with Gasteiger partial charge in [-0.2, -0.15) is 0 Å². The summed E-state index contributed by atoms with van der Waals surface area (Å²) in [6.45, 7) is 7.34. The number of fused-ring (bicyclic) bond motifs is 5. The Labute approximate surface area is 178 Å². The molecule has 0 aromatic rings. The van der Waals surface area contributed by atoms with E-state index in [1.165, 1.54) is 38.5 Å². The highest BCUT2D eigenvalue weighted by atomic mass is 79.9. The zero-order valence-electron chi connectivity index (χ0n) is 17.8. The average molecular weight is 453 g/mol. The lowest BCUT2D eigenvalue weighted by molar-refractivity contribution is -0.139. The van der Waals surface area contributed by atoms with Crippen molar-refractivity contribution in [1.82, 2.24) is 0 Å². The van der Waals surface area contributed by atoms with Crippen molar-refractivity contribution in [1.29, 1.82) is 0 Å². The van der Waals surface area contributed by atoms with Gasteiger partial charge in [-0.3, -0.25) is 9.59 Å². The van der Waals surface area contributed by atoms with E-state index in [0.717, 1.165) is 37.0 Å². The first-order chi connectivity index (χ1) is 13.2. The number of carboxylic acids is 1. The fourth-order valence-electron chi connectivity index (χ4n) is 8.62. The zero-order valence-corrected chi connectivity index (χ0v) is 19.3. The number of carbonyl (C=O) groups is 2. The summed E-state index contributed by atoms with van der Waals surface area (Å²) >= 11 is 3.77. The maximum Gasteiger partial charge on any atom is 0.303 e. The molecule has 4 fully saturated rings. The lowest BCUT2D eigenvalue weighted by Crippen LogP contribution is -2.56. The molecule has 0 aromatic carbocycles. The SMILES string of the molecule is C[C@H](CCC(=O)O)[C@@H]1CC[C@@H]2[C@H]3CC[C@H]4[C@H](Br)C(=O)CC[C@]4(C)[C@@H]3CC[C@]21C. The molecule has 0 spiro atoms. The molecular weight excluding hydrogens is 416 g/mol. The summed E-state index contributed by atoms with van der Waals surface area (Å²) < 4.78 is 0. The van der Waals surface area contributed by atoms with Crippen molar-refractivity contribution < 1.29 is 14.7 Å². The first-order valence-corrected chi connectivity index (χ1v) is 12.5. The second-order valence-electron chi connectivity index (χ2n) is 11.1. The Morgan fingerprint density at radius 2 is 1.75 bits per heavy atom. The Kier molecular flexibility index (Phi) is 5.51. The summed E-state index contributed by atoms with van der Waals surface area (Å²) in [5.41, 5.74) is 0.708. The van der Waals surface area contributed by atoms with Crippen LogP contribution in [0.1, 0.15) is 85.0 Å². The van der Waals surface area contributed by atoms with Crippen LogP contribution in [0.2, 0.25) is 0 Å². The minimum Gasteiger partial charge on any atom is -0.481 e. The third-order valence-corrected chi connectivity index (χ3v) is 11.2. The van der Waals surface area contributed by atoms with Gasteiger partial charge in [0.15, 0.2) is 0 Å². The molecule has 4 aliphatic carbocycles. The van der Waals surface area contributed by atoms with Crippen LogP contribution < -0.4 is 0 Å². The van der Waals surface area contributed by atoms with Gasteiger partial charge in [0.1, 0.15) is 5.78 Å². The fourth-order valence-corrected chi connectivity index (χ4v) is 9.72.